The van der Waals surface area contributed by atoms with E-state index in [9.17, 15) is 4.79 Å². The van der Waals surface area contributed by atoms with Gasteiger partial charge in [0, 0.05) is 33.1 Å². The Labute approximate surface area is 191 Å². The molecular weight excluding hydrogens is 461 g/mol. The molecule has 0 spiro atoms. The molecule has 2 heterocycles. The summed E-state index contributed by atoms with van der Waals surface area (Å²) in [6, 6.07) is 14.8. The Morgan fingerprint density at radius 2 is 1.77 bits per heavy atom. The molecule has 0 saturated heterocycles. The van der Waals surface area contributed by atoms with E-state index in [1.807, 2.05) is 36.4 Å². The number of aromatic amines is 1. The molecule has 2 aromatic carbocycles. The van der Waals surface area contributed by atoms with Gasteiger partial charge in [0.2, 0.25) is 5.91 Å². The van der Waals surface area contributed by atoms with Crippen molar-refractivity contribution >= 4 is 57.8 Å². The minimum absolute atomic E-state index is 0.0133. The van der Waals surface area contributed by atoms with Crippen molar-refractivity contribution in [3.8, 4) is 11.4 Å². The molecule has 152 valence electrons. The molecule has 0 fully saturated rings. The zero-order chi connectivity index (χ0) is 21.1. The third-order valence-electron chi connectivity index (χ3n) is 4.25. The maximum absolute atomic E-state index is 12.6. The number of hydrogen-bond donors (Lipinski definition) is 2. The first-order valence-corrected chi connectivity index (χ1v) is 10.9. The number of nitrogens with one attached hydrogen (secondary N) is 2. The molecule has 4 rings (SSSR count). The zero-order valence-corrected chi connectivity index (χ0v) is 18.6. The predicted octanol–water partition coefficient (Wildman–Crippen LogP) is 5.60. The van der Waals surface area contributed by atoms with Crippen LogP contribution in [0, 0.1) is 4.77 Å². The second-order valence-corrected chi connectivity index (χ2v) is 8.80. The molecule has 0 aliphatic carbocycles. The molecule has 0 aliphatic heterocycles. The van der Waals surface area contributed by atoms with Gasteiger partial charge in [-0.05, 0) is 54.2 Å². The van der Waals surface area contributed by atoms with Crippen molar-refractivity contribution in [2.45, 2.75) is 13.0 Å². The van der Waals surface area contributed by atoms with Gasteiger partial charge in [0.15, 0.2) is 15.7 Å². The lowest BCUT2D eigenvalue weighted by Gasteiger charge is -2.07. The van der Waals surface area contributed by atoms with Gasteiger partial charge in [-0.1, -0.05) is 35.3 Å². The van der Waals surface area contributed by atoms with E-state index >= 15 is 0 Å². The molecule has 2 aromatic heterocycles. The maximum atomic E-state index is 12.6. The van der Waals surface area contributed by atoms with Crippen molar-refractivity contribution in [1.29, 1.82) is 0 Å². The first-order valence-electron chi connectivity index (χ1n) is 8.88. The molecule has 0 radical (unpaired) electrons. The highest BCUT2D eigenvalue weighted by Gasteiger charge is 2.14. The van der Waals surface area contributed by atoms with Crippen LogP contribution >= 0.6 is 46.8 Å². The van der Waals surface area contributed by atoms with Crippen molar-refractivity contribution in [2.75, 3.05) is 5.32 Å². The molecule has 10 heteroatoms. The van der Waals surface area contributed by atoms with Gasteiger partial charge >= 0.3 is 0 Å². The topological polar surface area (TPSA) is 75.6 Å². The second kappa shape index (κ2) is 9.09. The Bertz CT molecular complexity index is 1230. The van der Waals surface area contributed by atoms with E-state index < -0.39 is 0 Å². The predicted molar refractivity (Wildman–Crippen MR) is 123 cm³/mol. The number of rotatable bonds is 6. The summed E-state index contributed by atoms with van der Waals surface area (Å²) in [5.74, 6) is 0.324. The standard InChI is InChI=1S/C20H15Cl2N5OS2/c21-14-5-1-12(2-6-14)9-16-10-23-19(30-16)24-17(28)11-27-18(25-26-20(27)29)13-3-7-15(22)8-4-13/h1-8,10H,9,11H2,(H,26,29)(H,23,24,28). The van der Waals surface area contributed by atoms with Crippen molar-refractivity contribution in [1.82, 2.24) is 19.7 Å². The van der Waals surface area contributed by atoms with E-state index in [1.165, 1.54) is 11.3 Å². The normalized spacial score (nSPS) is 10.9. The Morgan fingerprint density at radius 3 is 2.47 bits per heavy atom. The van der Waals surface area contributed by atoms with Crippen LogP contribution in [0.15, 0.2) is 54.7 Å². The van der Waals surface area contributed by atoms with Crippen LogP contribution in [0.5, 0.6) is 0 Å². The van der Waals surface area contributed by atoms with Gasteiger partial charge in [-0.25, -0.2) is 4.98 Å². The summed E-state index contributed by atoms with van der Waals surface area (Å²) in [6.45, 7) is 0.0133. The number of hydrogen-bond acceptors (Lipinski definition) is 5. The van der Waals surface area contributed by atoms with Gasteiger partial charge in [-0.2, -0.15) is 5.10 Å². The summed E-state index contributed by atoms with van der Waals surface area (Å²) in [6.07, 6.45) is 2.48. The number of halogens is 2. The van der Waals surface area contributed by atoms with Gasteiger partial charge in [-0.3, -0.25) is 14.5 Å². The van der Waals surface area contributed by atoms with Crippen LogP contribution in [0.3, 0.4) is 0 Å². The average Bonchev–Trinajstić information content (AvgIpc) is 3.31. The Kier molecular flexibility index (Phi) is 6.29. The molecule has 0 aliphatic rings. The number of carbonyl (C=O) groups excluding carboxylic acids is 1. The summed E-state index contributed by atoms with van der Waals surface area (Å²) < 4.78 is 1.99. The van der Waals surface area contributed by atoms with Crippen molar-refractivity contribution in [3.63, 3.8) is 0 Å². The fourth-order valence-corrected chi connectivity index (χ4v) is 4.15. The van der Waals surface area contributed by atoms with E-state index in [1.54, 1.807) is 22.9 Å². The van der Waals surface area contributed by atoms with E-state index in [2.05, 4.69) is 20.5 Å². The number of amides is 1. The summed E-state index contributed by atoms with van der Waals surface area (Å²) >= 11 is 18.6. The van der Waals surface area contributed by atoms with Gasteiger partial charge in [-0.15, -0.1) is 11.3 Å². The van der Waals surface area contributed by atoms with Gasteiger partial charge in [0.25, 0.3) is 0 Å². The second-order valence-electron chi connectivity index (χ2n) is 6.43. The minimum atomic E-state index is -0.241. The molecule has 2 N–H and O–H groups in total. The third-order valence-corrected chi connectivity index (χ3v) is 5.98. The molecule has 4 aromatic rings. The lowest BCUT2D eigenvalue weighted by Crippen LogP contribution is -2.19. The van der Waals surface area contributed by atoms with Crippen LogP contribution in [-0.4, -0.2) is 25.7 Å². The van der Waals surface area contributed by atoms with E-state index in [4.69, 9.17) is 35.4 Å². The molecular formula is C20H15Cl2N5OS2. The summed E-state index contributed by atoms with van der Waals surface area (Å²) in [5.41, 5.74) is 1.93. The van der Waals surface area contributed by atoms with Crippen molar-refractivity contribution in [3.05, 3.63) is 80.0 Å². The molecule has 0 saturated carbocycles. The van der Waals surface area contributed by atoms with Crippen molar-refractivity contribution < 1.29 is 4.79 Å². The molecule has 0 atom stereocenters. The van der Waals surface area contributed by atoms with Gasteiger partial charge in [0.1, 0.15) is 6.54 Å². The Balaban J connectivity index is 1.44. The molecule has 6 nitrogen and oxygen atoms in total. The number of aromatic nitrogens is 4. The van der Waals surface area contributed by atoms with Gasteiger partial charge in [0.05, 0.1) is 0 Å². The number of nitrogens with zero attached hydrogens (tertiary/aromatic N) is 3. The highest BCUT2D eigenvalue weighted by atomic mass is 35.5. The molecule has 0 bridgehead atoms. The number of thiazole rings is 1. The Morgan fingerprint density at radius 1 is 1.10 bits per heavy atom. The largest absolute Gasteiger partial charge is 0.300 e. The fourth-order valence-electron chi connectivity index (χ4n) is 2.84. The van der Waals surface area contributed by atoms with Crippen LogP contribution in [0.2, 0.25) is 10.0 Å². The number of carbonyl (C=O) groups is 1. The van der Waals surface area contributed by atoms with Crippen molar-refractivity contribution in [2.24, 2.45) is 0 Å². The maximum Gasteiger partial charge on any atom is 0.246 e. The van der Waals surface area contributed by atoms with Crippen LogP contribution in [0.25, 0.3) is 11.4 Å². The highest BCUT2D eigenvalue weighted by Crippen LogP contribution is 2.23. The van der Waals surface area contributed by atoms with Crippen LogP contribution in [0.4, 0.5) is 5.13 Å². The van der Waals surface area contributed by atoms with Crippen LogP contribution in [-0.2, 0) is 17.8 Å². The number of anilines is 1. The lowest BCUT2D eigenvalue weighted by molar-refractivity contribution is -0.116. The first-order chi connectivity index (χ1) is 14.5. The summed E-state index contributed by atoms with van der Waals surface area (Å²) in [4.78, 5) is 17.9. The lowest BCUT2D eigenvalue weighted by atomic mass is 10.1. The average molecular weight is 476 g/mol. The van der Waals surface area contributed by atoms with Crippen LogP contribution < -0.4 is 5.32 Å². The van der Waals surface area contributed by atoms with Gasteiger partial charge < -0.3 is 5.32 Å². The van der Waals surface area contributed by atoms with Crippen LogP contribution in [0.1, 0.15) is 10.4 Å². The smallest absolute Gasteiger partial charge is 0.246 e. The number of benzene rings is 2. The zero-order valence-electron chi connectivity index (χ0n) is 15.4. The summed E-state index contributed by atoms with van der Waals surface area (Å²) in [5, 5.41) is 11.7. The molecule has 1 amide bonds. The fraction of sp³-hybridized carbons (Fsp3) is 0.100. The quantitative estimate of drug-likeness (QED) is 0.355. The van der Waals surface area contributed by atoms with E-state index in [0.717, 1.165) is 22.4 Å². The van der Waals surface area contributed by atoms with E-state index in [0.29, 0.717) is 25.8 Å². The summed E-state index contributed by atoms with van der Waals surface area (Å²) in [7, 11) is 0. The Hall–Kier alpha value is -2.52. The molecule has 0 unspecified atom stereocenters. The number of H-pyrrole nitrogens is 1. The third kappa shape index (κ3) is 4.96. The highest BCUT2D eigenvalue weighted by molar-refractivity contribution is 7.71. The van der Waals surface area contributed by atoms with E-state index in [-0.39, 0.29) is 12.5 Å². The monoisotopic (exact) mass is 475 g/mol. The minimum Gasteiger partial charge on any atom is -0.300 e. The SMILES string of the molecule is O=C(Cn1c(-c2ccc(Cl)cc2)n[nH]c1=S)Nc1ncc(Cc2ccc(Cl)cc2)s1. The molecule has 30 heavy (non-hydrogen) atoms. The first kappa shape index (κ1) is 20.7.